The Bertz CT molecular complexity index is 346. The van der Waals surface area contributed by atoms with Gasteiger partial charge < -0.3 is 0 Å². The zero-order chi connectivity index (χ0) is 11.6. The van der Waals surface area contributed by atoms with Gasteiger partial charge in [0.25, 0.3) is 5.82 Å². The summed E-state index contributed by atoms with van der Waals surface area (Å²) in [6.07, 6.45) is 4.88. The molecule has 0 aliphatic carbocycles. The van der Waals surface area contributed by atoms with Crippen molar-refractivity contribution in [2.45, 2.75) is 40.2 Å². The fraction of sp³-hybridized carbons (Fsp3) is 0.643. The third kappa shape index (κ3) is 2.75. The van der Waals surface area contributed by atoms with E-state index in [4.69, 9.17) is 0 Å². The lowest BCUT2D eigenvalue weighted by atomic mass is 9.97. The molecule has 0 N–H and O–H groups in total. The Morgan fingerprint density at radius 3 is 2.50 bits per heavy atom. The van der Waals surface area contributed by atoms with Crippen LogP contribution in [0.1, 0.15) is 33.6 Å². The van der Waals surface area contributed by atoms with Crippen LogP contribution in [0.25, 0.3) is 0 Å². The number of anilines is 1. The maximum Gasteiger partial charge on any atom is 0.276 e. The summed E-state index contributed by atoms with van der Waals surface area (Å²) in [5.41, 5.74) is 0.334. The quantitative estimate of drug-likeness (QED) is 0.694. The average molecular weight is 219 g/mol. The molecule has 1 aromatic rings. The molecule has 2 heteroatoms. The van der Waals surface area contributed by atoms with Crippen LogP contribution in [0.5, 0.6) is 0 Å². The predicted octanol–water partition coefficient (Wildman–Crippen LogP) is 2.62. The second-order valence-corrected chi connectivity index (χ2v) is 5.94. The predicted molar refractivity (Wildman–Crippen MR) is 67.5 cm³/mol. The molecule has 1 aliphatic rings. The van der Waals surface area contributed by atoms with Gasteiger partial charge in [-0.05, 0) is 24.3 Å². The van der Waals surface area contributed by atoms with E-state index in [1.807, 2.05) is 0 Å². The van der Waals surface area contributed by atoms with Gasteiger partial charge in [-0.25, -0.2) is 4.57 Å². The van der Waals surface area contributed by atoms with Gasteiger partial charge >= 0.3 is 0 Å². The highest BCUT2D eigenvalue weighted by Crippen LogP contribution is 2.18. The van der Waals surface area contributed by atoms with Gasteiger partial charge in [-0.2, -0.15) is 0 Å². The van der Waals surface area contributed by atoms with Crippen molar-refractivity contribution in [1.29, 1.82) is 0 Å². The van der Waals surface area contributed by atoms with Crippen molar-refractivity contribution < 1.29 is 4.57 Å². The summed E-state index contributed by atoms with van der Waals surface area (Å²) in [6, 6.07) is 6.52. The van der Waals surface area contributed by atoms with Crippen molar-refractivity contribution in [3.63, 3.8) is 0 Å². The van der Waals surface area contributed by atoms with Crippen LogP contribution in [0, 0.1) is 5.41 Å². The summed E-state index contributed by atoms with van der Waals surface area (Å²) in [4.78, 5) is 2.51. The number of hydrogen-bond acceptors (Lipinski definition) is 1. The first kappa shape index (κ1) is 11.4. The lowest BCUT2D eigenvalue weighted by molar-refractivity contribution is -0.696. The van der Waals surface area contributed by atoms with Crippen molar-refractivity contribution in [1.82, 2.24) is 0 Å². The van der Waals surface area contributed by atoms with Gasteiger partial charge in [0, 0.05) is 6.07 Å². The van der Waals surface area contributed by atoms with Crippen molar-refractivity contribution in [2.24, 2.45) is 5.41 Å². The van der Waals surface area contributed by atoms with E-state index in [1.54, 1.807) is 0 Å². The van der Waals surface area contributed by atoms with Gasteiger partial charge in [0.15, 0.2) is 0 Å². The molecule has 1 aliphatic heterocycles. The van der Waals surface area contributed by atoms with Crippen LogP contribution in [-0.4, -0.2) is 13.1 Å². The van der Waals surface area contributed by atoms with Crippen LogP contribution >= 0.6 is 0 Å². The summed E-state index contributed by atoms with van der Waals surface area (Å²) >= 11 is 0. The molecule has 1 aromatic heterocycles. The summed E-state index contributed by atoms with van der Waals surface area (Å²) in [7, 11) is 0. The minimum Gasteiger partial charge on any atom is -0.262 e. The Labute approximate surface area is 98.9 Å². The van der Waals surface area contributed by atoms with E-state index in [9.17, 15) is 0 Å². The minimum absolute atomic E-state index is 0.334. The Kier molecular flexibility index (Phi) is 3.17. The minimum atomic E-state index is 0.334. The first-order valence-corrected chi connectivity index (χ1v) is 6.30. The fourth-order valence-corrected chi connectivity index (χ4v) is 2.35. The number of rotatable bonds is 2. The van der Waals surface area contributed by atoms with E-state index in [2.05, 4.69) is 54.6 Å². The molecule has 0 radical (unpaired) electrons. The summed E-state index contributed by atoms with van der Waals surface area (Å²) in [6.45, 7) is 10.4. The smallest absolute Gasteiger partial charge is 0.262 e. The molecule has 0 unspecified atom stereocenters. The van der Waals surface area contributed by atoms with Crippen LogP contribution in [0.4, 0.5) is 5.82 Å². The number of hydrogen-bond donors (Lipinski definition) is 0. The third-order valence-corrected chi connectivity index (χ3v) is 2.99. The lowest BCUT2D eigenvalue weighted by Gasteiger charge is -2.20. The van der Waals surface area contributed by atoms with E-state index in [1.165, 1.54) is 31.7 Å². The highest BCUT2D eigenvalue weighted by molar-refractivity contribution is 5.33. The van der Waals surface area contributed by atoms with Crippen molar-refractivity contribution in [3.8, 4) is 0 Å². The summed E-state index contributed by atoms with van der Waals surface area (Å²) in [5, 5.41) is 0. The molecule has 88 valence electrons. The Morgan fingerprint density at radius 1 is 1.19 bits per heavy atom. The Hall–Kier alpha value is -1.05. The second-order valence-electron chi connectivity index (χ2n) is 5.94. The molecular formula is C14H23N2+. The van der Waals surface area contributed by atoms with Gasteiger partial charge in [0.05, 0.1) is 25.8 Å². The van der Waals surface area contributed by atoms with Gasteiger partial charge in [0.2, 0.25) is 0 Å². The molecule has 16 heavy (non-hydrogen) atoms. The van der Waals surface area contributed by atoms with E-state index in [0.29, 0.717) is 5.41 Å². The molecule has 0 saturated carbocycles. The Morgan fingerprint density at radius 2 is 1.88 bits per heavy atom. The molecule has 0 spiro atoms. The maximum atomic E-state index is 2.51. The zero-order valence-corrected chi connectivity index (χ0v) is 10.7. The molecule has 1 saturated heterocycles. The van der Waals surface area contributed by atoms with Gasteiger partial charge in [-0.1, -0.05) is 26.8 Å². The summed E-state index contributed by atoms with van der Waals surface area (Å²) in [5.74, 6) is 1.38. The van der Waals surface area contributed by atoms with Crippen molar-refractivity contribution >= 4 is 5.82 Å². The standard InChI is InChI=1S/C14H23N2/c1-14(2,3)12-16-11-5-4-8-13(16)15-9-6-7-10-15/h4-5,8,11H,6-7,9-10,12H2,1-3H3/q+1. The topological polar surface area (TPSA) is 7.12 Å². The zero-order valence-electron chi connectivity index (χ0n) is 10.7. The average Bonchev–Trinajstić information content (AvgIpc) is 2.69. The maximum absolute atomic E-state index is 2.51. The molecule has 0 aromatic carbocycles. The normalized spacial score (nSPS) is 16.8. The monoisotopic (exact) mass is 219 g/mol. The largest absolute Gasteiger partial charge is 0.276 e. The number of pyridine rings is 1. The number of aromatic nitrogens is 1. The van der Waals surface area contributed by atoms with E-state index in [-0.39, 0.29) is 0 Å². The molecular weight excluding hydrogens is 196 g/mol. The Balaban J connectivity index is 2.23. The van der Waals surface area contributed by atoms with Crippen LogP contribution in [-0.2, 0) is 6.54 Å². The van der Waals surface area contributed by atoms with E-state index >= 15 is 0 Å². The molecule has 2 heterocycles. The molecule has 0 amide bonds. The van der Waals surface area contributed by atoms with Crippen LogP contribution in [0.2, 0.25) is 0 Å². The molecule has 0 bridgehead atoms. The van der Waals surface area contributed by atoms with Crippen molar-refractivity contribution in [3.05, 3.63) is 24.4 Å². The molecule has 2 nitrogen and oxygen atoms in total. The van der Waals surface area contributed by atoms with Gasteiger partial charge in [-0.15, -0.1) is 0 Å². The fourth-order valence-electron chi connectivity index (χ4n) is 2.35. The highest BCUT2D eigenvalue weighted by atomic mass is 15.2. The van der Waals surface area contributed by atoms with Gasteiger partial charge in [-0.3, -0.25) is 4.90 Å². The first-order chi connectivity index (χ1) is 7.56. The van der Waals surface area contributed by atoms with Crippen LogP contribution in [0.15, 0.2) is 24.4 Å². The highest BCUT2D eigenvalue weighted by Gasteiger charge is 2.24. The molecule has 2 rings (SSSR count). The first-order valence-electron chi connectivity index (χ1n) is 6.30. The second kappa shape index (κ2) is 4.44. The summed E-state index contributed by atoms with van der Waals surface area (Å²) < 4.78 is 2.39. The lowest BCUT2D eigenvalue weighted by Crippen LogP contribution is -2.45. The van der Waals surface area contributed by atoms with Crippen LogP contribution in [0.3, 0.4) is 0 Å². The third-order valence-electron chi connectivity index (χ3n) is 2.99. The molecule has 1 fully saturated rings. The molecule has 0 atom stereocenters. The van der Waals surface area contributed by atoms with Gasteiger partial charge in [0.1, 0.15) is 0 Å². The van der Waals surface area contributed by atoms with E-state index in [0.717, 1.165) is 6.54 Å². The van der Waals surface area contributed by atoms with Crippen molar-refractivity contribution in [2.75, 3.05) is 18.0 Å². The number of nitrogens with zero attached hydrogens (tertiary/aromatic N) is 2. The SMILES string of the molecule is CC(C)(C)C[n+]1ccccc1N1CCCC1. The van der Waals surface area contributed by atoms with E-state index < -0.39 is 0 Å². The van der Waals surface area contributed by atoms with Crippen LogP contribution < -0.4 is 9.47 Å².